The van der Waals surface area contributed by atoms with Gasteiger partial charge in [-0.15, -0.1) is 0 Å². The van der Waals surface area contributed by atoms with E-state index in [1.807, 2.05) is 0 Å². The highest BCUT2D eigenvalue weighted by Gasteiger charge is 2.35. The molecule has 2 aromatic heterocycles. The first-order chi connectivity index (χ1) is 9.30. The zero-order valence-electron chi connectivity index (χ0n) is 10.7. The zero-order valence-corrected chi connectivity index (χ0v) is 10.7. The summed E-state index contributed by atoms with van der Waals surface area (Å²) in [4.78, 5) is 15.5. The van der Waals surface area contributed by atoms with Crippen LogP contribution in [0.2, 0.25) is 0 Å². The fourth-order valence-electron chi connectivity index (χ4n) is 1.63. The quantitative estimate of drug-likeness (QED) is 0.921. The summed E-state index contributed by atoms with van der Waals surface area (Å²) >= 11 is 0. The van der Waals surface area contributed by atoms with E-state index in [1.54, 1.807) is 14.0 Å². The first-order valence-corrected chi connectivity index (χ1v) is 5.62. The standard InChI is InChI=1S/C12H11F3N4O/c1-7-10(6-17-19(7)2)18-11(20)8-5-16-4-3-9(8)12(13,14)15/h3-6H,1-2H3,(H,18,20). The van der Waals surface area contributed by atoms with Gasteiger partial charge < -0.3 is 5.32 Å². The Kier molecular flexibility index (Phi) is 3.47. The maximum atomic E-state index is 12.8. The summed E-state index contributed by atoms with van der Waals surface area (Å²) in [5, 5.41) is 6.30. The molecule has 0 bridgehead atoms. The molecule has 0 radical (unpaired) electrons. The molecule has 0 unspecified atom stereocenters. The molecular weight excluding hydrogens is 273 g/mol. The summed E-state index contributed by atoms with van der Waals surface area (Å²) < 4.78 is 39.9. The molecule has 20 heavy (non-hydrogen) atoms. The number of amides is 1. The number of hydrogen-bond donors (Lipinski definition) is 1. The van der Waals surface area contributed by atoms with Gasteiger partial charge in [0.25, 0.3) is 5.91 Å². The second kappa shape index (κ2) is 4.95. The SMILES string of the molecule is Cc1c(NC(=O)c2cnccc2C(F)(F)F)cnn1C. The normalized spacial score (nSPS) is 11.4. The minimum absolute atomic E-state index is 0.356. The van der Waals surface area contributed by atoms with E-state index in [1.165, 1.54) is 10.9 Å². The molecule has 2 aromatic rings. The van der Waals surface area contributed by atoms with Gasteiger partial charge in [-0.25, -0.2) is 0 Å². The van der Waals surface area contributed by atoms with Crippen LogP contribution in [0.25, 0.3) is 0 Å². The summed E-state index contributed by atoms with van der Waals surface area (Å²) in [6.45, 7) is 1.69. The smallest absolute Gasteiger partial charge is 0.319 e. The maximum absolute atomic E-state index is 12.8. The molecule has 0 saturated carbocycles. The van der Waals surface area contributed by atoms with Crippen LogP contribution in [0.3, 0.4) is 0 Å². The zero-order chi connectivity index (χ0) is 14.9. The van der Waals surface area contributed by atoms with Gasteiger partial charge >= 0.3 is 6.18 Å². The van der Waals surface area contributed by atoms with Crippen molar-refractivity contribution in [2.24, 2.45) is 7.05 Å². The van der Waals surface area contributed by atoms with E-state index in [0.29, 0.717) is 11.4 Å². The number of aromatic nitrogens is 3. The molecule has 0 saturated heterocycles. The highest BCUT2D eigenvalue weighted by Crippen LogP contribution is 2.31. The van der Waals surface area contributed by atoms with Crippen molar-refractivity contribution in [1.82, 2.24) is 14.8 Å². The molecular formula is C12H11F3N4O. The number of carbonyl (C=O) groups excluding carboxylic acids is 1. The molecule has 5 nitrogen and oxygen atoms in total. The molecule has 0 atom stereocenters. The third kappa shape index (κ3) is 2.63. The number of pyridine rings is 1. The molecule has 2 rings (SSSR count). The van der Waals surface area contributed by atoms with E-state index in [-0.39, 0.29) is 0 Å². The molecule has 1 amide bonds. The van der Waals surface area contributed by atoms with Gasteiger partial charge in [0.1, 0.15) is 0 Å². The number of anilines is 1. The fourth-order valence-corrected chi connectivity index (χ4v) is 1.63. The van der Waals surface area contributed by atoms with Gasteiger partial charge in [-0.05, 0) is 13.0 Å². The van der Waals surface area contributed by atoms with E-state index >= 15 is 0 Å². The van der Waals surface area contributed by atoms with Crippen molar-refractivity contribution in [2.45, 2.75) is 13.1 Å². The van der Waals surface area contributed by atoms with Gasteiger partial charge in [0.05, 0.1) is 28.7 Å². The van der Waals surface area contributed by atoms with Crippen LogP contribution >= 0.6 is 0 Å². The third-order valence-corrected chi connectivity index (χ3v) is 2.85. The minimum atomic E-state index is -4.61. The molecule has 8 heteroatoms. The van der Waals surface area contributed by atoms with E-state index < -0.39 is 23.2 Å². The lowest BCUT2D eigenvalue weighted by Gasteiger charge is -2.11. The van der Waals surface area contributed by atoms with E-state index in [2.05, 4.69) is 15.4 Å². The molecule has 0 spiro atoms. The van der Waals surface area contributed by atoms with Gasteiger partial charge in [0.15, 0.2) is 0 Å². The van der Waals surface area contributed by atoms with Crippen LogP contribution in [0.5, 0.6) is 0 Å². The molecule has 0 fully saturated rings. The summed E-state index contributed by atoms with van der Waals surface area (Å²) in [6.07, 6.45) is -1.35. The van der Waals surface area contributed by atoms with Gasteiger partial charge in [-0.3, -0.25) is 14.5 Å². The number of nitrogens with zero attached hydrogens (tertiary/aromatic N) is 3. The number of hydrogen-bond acceptors (Lipinski definition) is 3. The van der Waals surface area contributed by atoms with Crippen molar-refractivity contribution in [3.05, 3.63) is 41.5 Å². The van der Waals surface area contributed by atoms with Crippen LogP contribution in [-0.2, 0) is 13.2 Å². The van der Waals surface area contributed by atoms with Crippen LogP contribution in [0, 0.1) is 6.92 Å². The Morgan fingerprint density at radius 1 is 1.35 bits per heavy atom. The Morgan fingerprint density at radius 2 is 2.05 bits per heavy atom. The highest BCUT2D eigenvalue weighted by atomic mass is 19.4. The molecule has 0 aliphatic carbocycles. The Hall–Kier alpha value is -2.38. The van der Waals surface area contributed by atoms with E-state index in [0.717, 1.165) is 18.5 Å². The van der Waals surface area contributed by atoms with Gasteiger partial charge in [-0.2, -0.15) is 18.3 Å². The first-order valence-electron chi connectivity index (χ1n) is 5.62. The number of nitrogens with one attached hydrogen (secondary N) is 1. The summed E-state index contributed by atoms with van der Waals surface area (Å²) in [5.74, 6) is -0.874. The summed E-state index contributed by atoms with van der Waals surface area (Å²) in [5.41, 5.74) is -0.555. The third-order valence-electron chi connectivity index (χ3n) is 2.85. The number of rotatable bonds is 2. The molecule has 0 aliphatic rings. The number of carbonyl (C=O) groups is 1. The predicted molar refractivity (Wildman–Crippen MR) is 65.1 cm³/mol. The van der Waals surface area contributed by atoms with Gasteiger partial charge in [0.2, 0.25) is 0 Å². The molecule has 0 aromatic carbocycles. The Balaban J connectivity index is 2.33. The van der Waals surface area contributed by atoms with Gasteiger partial charge in [0, 0.05) is 19.4 Å². The summed E-state index contributed by atoms with van der Waals surface area (Å²) in [7, 11) is 1.66. The first kappa shape index (κ1) is 14.0. The Labute approximate surface area is 112 Å². The van der Waals surface area contributed by atoms with Gasteiger partial charge in [-0.1, -0.05) is 0 Å². The average molecular weight is 284 g/mol. The topological polar surface area (TPSA) is 59.8 Å². The van der Waals surface area contributed by atoms with Crippen molar-refractivity contribution in [3.8, 4) is 0 Å². The predicted octanol–water partition coefficient (Wildman–Crippen LogP) is 2.39. The average Bonchev–Trinajstić information content (AvgIpc) is 2.70. The lowest BCUT2D eigenvalue weighted by Crippen LogP contribution is -2.19. The second-order valence-electron chi connectivity index (χ2n) is 4.14. The molecule has 106 valence electrons. The van der Waals surface area contributed by atoms with Crippen molar-refractivity contribution in [1.29, 1.82) is 0 Å². The van der Waals surface area contributed by atoms with Crippen molar-refractivity contribution in [3.63, 3.8) is 0 Å². The molecule has 2 heterocycles. The number of aryl methyl sites for hydroxylation is 1. The van der Waals surface area contributed by atoms with Crippen LogP contribution in [0.1, 0.15) is 21.6 Å². The fraction of sp³-hybridized carbons (Fsp3) is 0.250. The van der Waals surface area contributed by atoms with Crippen molar-refractivity contribution in [2.75, 3.05) is 5.32 Å². The largest absolute Gasteiger partial charge is 0.417 e. The Morgan fingerprint density at radius 3 is 2.60 bits per heavy atom. The summed E-state index contributed by atoms with van der Waals surface area (Å²) in [6, 6.07) is 0.769. The van der Waals surface area contributed by atoms with Crippen LogP contribution < -0.4 is 5.32 Å². The Bertz CT molecular complexity index is 648. The minimum Gasteiger partial charge on any atom is -0.319 e. The number of halogens is 3. The van der Waals surface area contributed by atoms with Crippen LogP contribution in [0.15, 0.2) is 24.7 Å². The van der Waals surface area contributed by atoms with Crippen LogP contribution in [0.4, 0.5) is 18.9 Å². The van der Waals surface area contributed by atoms with E-state index in [9.17, 15) is 18.0 Å². The number of alkyl halides is 3. The maximum Gasteiger partial charge on any atom is 0.417 e. The second-order valence-corrected chi connectivity index (χ2v) is 4.14. The van der Waals surface area contributed by atoms with Crippen LogP contribution in [-0.4, -0.2) is 20.7 Å². The molecule has 0 aliphatic heterocycles. The lowest BCUT2D eigenvalue weighted by molar-refractivity contribution is -0.137. The highest BCUT2D eigenvalue weighted by molar-refractivity contribution is 6.05. The monoisotopic (exact) mass is 284 g/mol. The van der Waals surface area contributed by atoms with Crippen molar-refractivity contribution < 1.29 is 18.0 Å². The molecule has 1 N–H and O–H groups in total. The van der Waals surface area contributed by atoms with Crippen molar-refractivity contribution >= 4 is 11.6 Å². The lowest BCUT2D eigenvalue weighted by atomic mass is 10.1. The van der Waals surface area contributed by atoms with E-state index in [4.69, 9.17) is 0 Å².